The Labute approximate surface area is 169 Å². The minimum atomic E-state index is -0.600. The molecule has 0 N–H and O–H groups in total. The third-order valence-electron chi connectivity index (χ3n) is 4.64. The van der Waals surface area contributed by atoms with Crippen LogP contribution < -0.4 is 4.90 Å². The Hall–Kier alpha value is -3.35. The lowest BCUT2D eigenvalue weighted by Gasteiger charge is -2.18. The Balaban J connectivity index is 1.39. The number of anilines is 1. The van der Waals surface area contributed by atoms with Gasteiger partial charge in [0, 0.05) is 31.6 Å². The molecule has 152 valence electrons. The van der Waals surface area contributed by atoms with Crippen LogP contribution in [0.25, 0.3) is 0 Å². The summed E-state index contributed by atoms with van der Waals surface area (Å²) in [7, 11) is 1.48. The number of para-hydroxylation sites is 1. The van der Waals surface area contributed by atoms with Crippen LogP contribution in [0.15, 0.2) is 60.7 Å². The highest BCUT2D eigenvalue weighted by Crippen LogP contribution is 2.24. The van der Waals surface area contributed by atoms with Crippen molar-refractivity contribution in [1.82, 2.24) is 4.90 Å². The van der Waals surface area contributed by atoms with Crippen LogP contribution in [0.2, 0.25) is 0 Å². The molecule has 1 atom stereocenters. The molecule has 1 heterocycles. The van der Waals surface area contributed by atoms with Gasteiger partial charge in [0.15, 0.2) is 0 Å². The predicted octanol–water partition coefficient (Wildman–Crippen LogP) is 2.85. The molecule has 0 radical (unpaired) electrons. The van der Waals surface area contributed by atoms with E-state index >= 15 is 0 Å². The standard InChI is InChI=1S/C22H24N2O5/c1-23(22(27)29-15-17-8-4-2-5-9-17)14-21(26)28-16-18-12-20(25)24(13-18)19-10-6-3-7-11-19/h2-11,18H,12-16H2,1H3/t18-/m1/s1. The molecule has 0 spiro atoms. The van der Waals surface area contributed by atoms with Crippen LogP contribution in [-0.4, -0.2) is 49.6 Å². The highest BCUT2D eigenvalue weighted by Gasteiger charge is 2.31. The number of carbonyl (C=O) groups excluding carboxylic acids is 3. The average Bonchev–Trinajstić information content (AvgIpc) is 3.12. The Morgan fingerprint density at radius 2 is 1.69 bits per heavy atom. The number of carbonyl (C=O) groups is 3. The molecule has 0 unspecified atom stereocenters. The van der Waals surface area contributed by atoms with Gasteiger partial charge in [0.25, 0.3) is 0 Å². The van der Waals surface area contributed by atoms with Gasteiger partial charge in [0.2, 0.25) is 5.91 Å². The molecule has 1 aliphatic rings. The van der Waals surface area contributed by atoms with Crippen LogP contribution in [0.5, 0.6) is 0 Å². The molecule has 0 bridgehead atoms. The number of hydrogen-bond donors (Lipinski definition) is 0. The van der Waals surface area contributed by atoms with Crippen molar-refractivity contribution in [3.8, 4) is 0 Å². The van der Waals surface area contributed by atoms with Gasteiger partial charge in [0.1, 0.15) is 13.2 Å². The number of hydrogen-bond acceptors (Lipinski definition) is 5. The second-order valence-electron chi connectivity index (χ2n) is 6.99. The van der Waals surface area contributed by atoms with Crippen LogP contribution in [0.1, 0.15) is 12.0 Å². The Kier molecular flexibility index (Phi) is 6.84. The summed E-state index contributed by atoms with van der Waals surface area (Å²) >= 11 is 0. The molecule has 1 fully saturated rings. The van der Waals surface area contributed by atoms with Crippen LogP contribution in [0.3, 0.4) is 0 Å². The lowest BCUT2D eigenvalue weighted by Crippen LogP contribution is -2.34. The predicted molar refractivity (Wildman–Crippen MR) is 107 cm³/mol. The number of ether oxygens (including phenoxy) is 2. The Morgan fingerprint density at radius 1 is 1.03 bits per heavy atom. The van der Waals surface area contributed by atoms with Crippen molar-refractivity contribution >= 4 is 23.7 Å². The lowest BCUT2D eigenvalue weighted by molar-refractivity contribution is -0.145. The van der Waals surface area contributed by atoms with Gasteiger partial charge in [-0.15, -0.1) is 0 Å². The Bertz CT molecular complexity index is 841. The summed E-state index contributed by atoms with van der Waals surface area (Å²) in [4.78, 5) is 39.1. The number of rotatable bonds is 7. The van der Waals surface area contributed by atoms with Crippen molar-refractivity contribution in [1.29, 1.82) is 0 Å². The van der Waals surface area contributed by atoms with Gasteiger partial charge >= 0.3 is 12.1 Å². The zero-order chi connectivity index (χ0) is 20.6. The molecule has 2 amide bonds. The third-order valence-corrected chi connectivity index (χ3v) is 4.64. The van der Waals surface area contributed by atoms with Crippen molar-refractivity contribution in [3.05, 3.63) is 66.2 Å². The average molecular weight is 396 g/mol. The van der Waals surface area contributed by atoms with E-state index in [4.69, 9.17) is 9.47 Å². The van der Waals surface area contributed by atoms with E-state index in [9.17, 15) is 14.4 Å². The highest BCUT2D eigenvalue weighted by atomic mass is 16.6. The van der Waals surface area contributed by atoms with Gasteiger partial charge in [0.05, 0.1) is 6.61 Å². The van der Waals surface area contributed by atoms with Crippen molar-refractivity contribution in [3.63, 3.8) is 0 Å². The van der Waals surface area contributed by atoms with E-state index < -0.39 is 12.1 Å². The summed E-state index contributed by atoms with van der Waals surface area (Å²) in [5.74, 6) is -0.587. The fraction of sp³-hybridized carbons (Fsp3) is 0.318. The summed E-state index contributed by atoms with van der Waals surface area (Å²) < 4.78 is 10.4. The molecule has 29 heavy (non-hydrogen) atoms. The number of benzene rings is 2. The minimum absolute atomic E-state index is 0.0128. The number of nitrogens with zero attached hydrogens (tertiary/aromatic N) is 2. The first-order valence-electron chi connectivity index (χ1n) is 9.46. The first-order valence-corrected chi connectivity index (χ1v) is 9.46. The molecule has 7 nitrogen and oxygen atoms in total. The van der Waals surface area contributed by atoms with Gasteiger partial charge in [-0.25, -0.2) is 4.79 Å². The highest BCUT2D eigenvalue weighted by molar-refractivity contribution is 5.95. The molecule has 3 rings (SSSR count). The zero-order valence-electron chi connectivity index (χ0n) is 16.3. The molecule has 1 saturated heterocycles. The van der Waals surface area contributed by atoms with E-state index in [1.807, 2.05) is 60.7 Å². The SMILES string of the molecule is CN(CC(=O)OC[C@@H]1CC(=O)N(c2ccccc2)C1)C(=O)OCc1ccccc1. The van der Waals surface area contributed by atoms with Gasteiger partial charge < -0.3 is 19.3 Å². The molecule has 1 aliphatic heterocycles. The summed E-state index contributed by atoms with van der Waals surface area (Å²) in [5, 5.41) is 0. The topological polar surface area (TPSA) is 76.2 Å². The lowest BCUT2D eigenvalue weighted by atomic mass is 10.1. The summed E-state index contributed by atoms with van der Waals surface area (Å²) in [6.07, 6.45) is -0.269. The maximum Gasteiger partial charge on any atom is 0.410 e. The fourth-order valence-electron chi connectivity index (χ4n) is 3.09. The van der Waals surface area contributed by atoms with Crippen molar-refractivity contribution in [2.75, 3.05) is 31.6 Å². The van der Waals surface area contributed by atoms with Gasteiger partial charge in [-0.1, -0.05) is 48.5 Å². The van der Waals surface area contributed by atoms with Gasteiger partial charge in [-0.2, -0.15) is 0 Å². The van der Waals surface area contributed by atoms with E-state index in [1.165, 1.54) is 11.9 Å². The van der Waals surface area contributed by atoms with E-state index in [2.05, 4.69) is 0 Å². The fourth-order valence-corrected chi connectivity index (χ4v) is 3.09. The van der Waals surface area contributed by atoms with Crippen molar-refractivity contribution in [2.24, 2.45) is 5.92 Å². The maximum absolute atomic E-state index is 12.2. The van der Waals surface area contributed by atoms with Crippen LogP contribution >= 0.6 is 0 Å². The van der Waals surface area contributed by atoms with Crippen molar-refractivity contribution in [2.45, 2.75) is 13.0 Å². The third kappa shape index (κ3) is 5.81. The van der Waals surface area contributed by atoms with Crippen LogP contribution in [-0.2, 0) is 25.7 Å². The molecule has 0 saturated carbocycles. The molecule has 7 heteroatoms. The molecule has 2 aromatic carbocycles. The molecule has 0 aliphatic carbocycles. The smallest absolute Gasteiger partial charge is 0.410 e. The second kappa shape index (κ2) is 9.73. The first kappa shape index (κ1) is 20.4. The van der Waals surface area contributed by atoms with Crippen molar-refractivity contribution < 1.29 is 23.9 Å². The monoisotopic (exact) mass is 396 g/mol. The van der Waals surface area contributed by atoms with E-state index in [1.54, 1.807) is 4.90 Å². The minimum Gasteiger partial charge on any atom is -0.464 e. The molecular weight excluding hydrogens is 372 g/mol. The zero-order valence-corrected chi connectivity index (χ0v) is 16.3. The summed E-state index contributed by atoms with van der Waals surface area (Å²) in [5.41, 5.74) is 1.71. The largest absolute Gasteiger partial charge is 0.464 e. The summed E-state index contributed by atoms with van der Waals surface area (Å²) in [6, 6.07) is 18.7. The van der Waals surface area contributed by atoms with Gasteiger partial charge in [-0.3, -0.25) is 9.59 Å². The number of amides is 2. The quantitative estimate of drug-likeness (QED) is 0.673. The first-order chi connectivity index (χ1) is 14.0. The summed E-state index contributed by atoms with van der Waals surface area (Å²) in [6.45, 7) is 0.571. The van der Waals surface area contributed by atoms with E-state index in [-0.39, 0.29) is 31.6 Å². The molecular formula is C22H24N2O5. The second-order valence-corrected chi connectivity index (χ2v) is 6.99. The Morgan fingerprint density at radius 3 is 2.38 bits per heavy atom. The van der Waals surface area contributed by atoms with E-state index in [0.717, 1.165) is 11.3 Å². The number of likely N-dealkylation sites (N-methyl/N-ethyl adjacent to an activating group) is 1. The number of esters is 1. The molecule has 2 aromatic rings. The van der Waals surface area contributed by atoms with E-state index in [0.29, 0.717) is 13.0 Å². The van der Waals surface area contributed by atoms with Crippen LogP contribution in [0, 0.1) is 5.92 Å². The molecule has 0 aromatic heterocycles. The van der Waals surface area contributed by atoms with Gasteiger partial charge in [-0.05, 0) is 17.7 Å². The normalized spacial score (nSPS) is 15.8. The maximum atomic E-state index is 12.2. The van der Waals surface area contributed by atoms with Crippen LogP contribution in [0.4, 0.5) is 10.5 Å².